The summed E-state index contributed by atoms with van der Waals surface area (Å²) in [6.07, 6.45) is 2.42. The molecule has 0 aliphatic carbocycles. The zero-order chi connectivity index (χ0) is 16.4. The van der Waals surface area contributed by atoms with Crippen LogP contribution in [-0.2, 0) is 15.9 Å². The highest BCUT2D eigenvalue weighted by molar-refractivity contribution is 5.93. The fourth-order valence-corrected chi connectivity index (χ4v) is 3.07. The molecule has 0 bridgehead atoms. The van der Waals surface area contributed by atoms with Crippen LogP contribution in [0.2, 0.25) is 0 Å². The lowest BCUT2D eigenvalue weighted by Crippen LogP contribution is -2.45. The second-order valence-corrected chi connectivity index (χ2v) is 5.84. The summed E-state index contributed by atoms with van der Waals surface area (Å²) in [5.74, 6) is -0.517. The van der Waals surface area contributed by atoms with Crippen molar-refractivity contribution in [2.24, 2.45) is 11.5 Å². The summed E-state index contributed by atoms with van der Waals surface area (Å²) in [5.41, 5.74) is 13.0. The van der Waals surface area contributed by atoms with E-state index in [1.807, 2.05) is 6.07 Å². The average Bonchev–Trinajstić information content (AvgIpc) is 2.55. The molecular weight excluding hydrogens is 298 g/mol. The molecule has 7 heteroatoms. The number of amides is 3. The Morgan fingerprint density at radius 1 is 1.26 bits per heavy atom. The topological polar surface area (TPSA) is 108 Å². The molecule has 4 N–H and O–H groups in total. The van der Waals surface area contributed by atoms with Gasteiger partial charge in [0.05, 0.1) is 0 Å². The molecule has 23 heavy (non-hydrogen) atoms. The molecule has 7 nitrogen and oxygen atoms in total. The van der Waals surface area contributed by atoms with E-state index in [9.17, 15) is 9.59 Å². The first-order valence-electron chi connectivity index (χ1n) is 7.82. The lowest BCUT2D eigenvalue weighted by molar-refractivity contribution is -0.217. The van der Waals surface area contributed by atoms with Crippen LogP contribution in [-0.4, -0.2) is 36.3 Å². The number of nitrogens with two attached hydrogens (primary N) is 2. The Morgan fingerprint density at radius 2 is 2.09 bits per heavy atom. The molecule has 2 aliphatic rings. The quantitative estimate of drug-likeness (QED) is 0.874. The highest BCUT2D eigenvalue weighted by Crippen LogP contribution is 2.33. The second kappa shape index (κ2) is 6.55. The minimum atomic E-state index is -0.654. The zero-order valence-corrected chi connectivity index (χ0v) is 12.9. The van der Waals surface area contributed by atoms with Gasteiger partial charge in [0.15, 0.2) is 12.5 Å². The van der Waals surface area contributed by atoms with Gasteiger partial charge in [-0.1, -0.05) is 6.07 Å². The summed E-state index contributed by atoms with van der Waals surface area (Å²) < 4.78 is 11.6. The minimum Gasteiger partial charge on any atom is -0.366 e. The van der Waals surface area contributed by atoms with Crippen molar-refractivity contribution in [3.05, 3.63) is 34.9 Å². The summed E-state index contributed by atoms with van der Waals surface area (Å²) in [7, 11) is 0. The fourth-order valence-electron chi connectivity index (χ4n) is 3.07. The van der Waals surface area contributed by atoms with Crippen LogP contribution in [0.1, 0.15) is 47.0 Å². The van der Waals surface area contributed by atoms with Crippen LogP contribution < -0.4 is 11.5 Å². The van der Waals surface area contributed by atoms with E-state index in [0.29, 0.717) is 25.1 Å². The number of nitrogens with zero attached hydrogens (tertiary/aromatic N) is 1. The summed E-state index contributed by atoms with van der Waals surface area (Å²) >= 11 is 0. The first-order chi connectivity index (χ1) is 11.1. The highest BCUT2D eigenvalue weighted by atomic mass is 16.7. The van der Waals surface area contributed by atoms with E-state index in [2.05, 4.69) is 0 Å². The molecule has 2 aliphatic heterocycles. The van der Waals surface area contributed by atoms with Crippen molar-refractivity contribution in [3.63, 3.8) is 0 Å². The van der Waals surface area contributed by atoms with Gasteiger partial charge < -0.3 is 20.9 Å². The van der Waals surface area contributed by atoms with E-state index in [-0.39, 0.29) is 6.29 Å². The first kappa shape index (κ1) is 15.8. The molecule has 1 saturated heterocycles. The maximum absolute atomic E-state index is 11.8. The van der Waals surface area contributed by atoms with Gasteiger partial charge in [0, 0.05) is 24.3 Å². The normalized spacial score (nSPS) is 24.1. The van der Waals surface area contributed by atoms with E-state index < -0.39 is 18.2 Å². The van der Waals surface area contributed by atoms with E-state index in [1.165, 1.54) is 4.90 Å². The lowest BCUT2D eigenvalue weighted by Gasteiger charge is -2.38. The summed E-state index contributed by atoms with van der Waals surface area (Å²) in [4.78, 5) is 24.7. The molecular formula is C16H21N3O4. The zero-order valence-electron chi connectivity index (χ0n) is 12.9. The van der Waals surface area contributed by atoms with Crippen molar-refractivity contribution in [1.29, 1.82) is 0 Å². The molecule has 0 aromatic heterocycles. The molecule has 0 radical (unpaired) electrons. The number of primary amides is 2. The van der Waals surface area contributed by atoms with Crippen LogP contribution >= 0.6 is 0 Å². The number of benzene rings is 1. The molecule has 1 aromatic carbocycles. The van der Waals surface area contributed by atoms with Crippen LogP contribution in [0, 0.1) is 0 Å². The molecule has 0 spiro atoms. The molecule has 3 amide bonds. The molecule has 2 unspecified atom stereocenters. The van der Waals surface area contributed by atoms with Crippen LogP contribution in [0.5, 0.6) is 0 Å². The Labute approximate surface area is 134 Å². The van der Waals surface area contributed by atoms with E-state index in [1.54, 1.807) is 12.1 Å². The predicted molar refractivity (Wildman–Crippen MR) is 82.4 cm³/mol. The average molecular weight is 319 g/mol. The van der Waals surface area contributed by atoms with Gasteiger partial charge in [-0.05, 0) is 43.4 Å². The Kier molecular flexibility index (Phi) is 4.49. The number of hydrogen-bond donors (Lipinski definition) is 2. The maximum Gasteiger partial charge on any atom is 0.317 e. The minimum absolute atomic E-state index is 0.376. The lowest BCUT2D eigenvalue weighted by atomic mass is 9.95. The first-order valence-corrected chi connectivity index (χ1v) is 7.82. The molecule has 1 fully saturated rings. The smallest absolute Gasteiger partial charge is 0.317 e. The van der Waals surface area contributed by atoms with Gasteiger partial charge >= 0.3 is 6.03 Å². The standard InChI is InChI=1S/C16H21N3O4/c17-14(20)11-5-4-10-6-7-19(16(18)21)15(12(10)9-11)23-13-3-1-2-8-22-13/h4-5,9,13,15H,1-3,6-8H2,(H2,17,20)(H2,18,21). The second-order valence-electron chi connectivity index (χ2n) is 5.84. The monoisotopic (exact) mass is 319 g/mol. The van der Waals surface area contributed by atoms with Crippen molar-refractivity contribution in [2.75, 3.05) is 13.2 Å². The van der Waals surface area contributed by atoms with Crippen molar-refractivity contribution >= 4 is 11.9 Å². The van der Waals surface area contributed by atoms with Gasteiger partial charge in [0.25, 0.3) is 0 Å². The van der Waals surface area contributed by atoms with Gasteiger partial charge in [-0.3, -0.25) is 9.69 Å². The highest BCUT2D eigenvalue weighted by Gasteiger charge is 2.33. The van der Waals surface area contributed by atoms with Crippen LogP contribution in [0.15, 0.2) is 18.2 Å². The van der Waals surface area contributed by atoms with E-state index in [0.717, 1.165) is 30.4 Å². The molecule has 2 atom stereocenters. The SMILES string of the molecule is NC(=O)c1ccc2c(c1)C(OC1CCCCO1)N(C(N)=O)CC2. The Bertz CT molecular complexity index is 613. The van der Waals surface area contributed by atoms with Crippen LogP contribution in [0.4, 0.5) is 4.79 Å². The van der Waals surface area contributed by atoms with Crippen molar-refractivity contribution in [3.8, 4) is 0 Å². The van der Waals surface area contributed by atoms with Crippen molar-refractivity contribution in [1.82, 2.24) is 4.90 Å². The number of fused-ring (bicyclic) bond motifs is 1. The molecule has 3 rings (SSSR count). The Balaban J connectivity index is 1.92. The van der Waals surface area contributed by atoms with Gasteiger partial charge in [-0.2, -0.15) is 0 Å². The van der Waals surface area contributed by atoms with Crippen LogP contribution in [0.25, 0.3) is 0 Å². The Hall–Kier alpha value is -2.12. The van der Waals surface area contributed by atoms with E-state index >= 15 is 0 Å². The fraction of sp³-hybridized carbons (Fsp3) is 0.500. The molecule has 0 saturated carbocycles. The number of carbonyl (C=O) groups is 2. The molecule has 2 heterocycles. The third kappa shape index (κ3) is 3.30. The number of carbonyl (C=O) groups excluding carboxylic acids is 2. The number of urea groups is 1. The molecule has 124 valence electrons. The van der Waals surface area contributed by atoms with E-state index in [4.69, 9.17) is 20.9 Å². The Morgan fingerprint density at radius 3 is 2.74 bits per heavy atom. The predicted octanol–water partition coefficient (Wildman–Crippen LogP) is 1.26. The maximum atomic E-state index is 11.8. The largest absolute Gasteiger partial charge is 0.366 e. The summed E-state index contributed by atoms with van der Waals surface area (Å²) in [5, 5.41) is 0. The van der Waals surface area contributed by atoms with Gasteiger partial charge in [-0.15, -0.1) is 0 Å². The van der Waals surface area contributed by atoms with Gasteiger partial charge in [-0.25, -0.2) is 4.79 Å². The third-order valence-electron chi connectivity index (χ3n) is 4.30. The summed E-state index contributed by atoms with van der Waals surface area (Å²) in [6, 6.07) is 4.67. The number of rotatable bonds is 3. The number of ether oxygens (including phenoxy) is 2. The van der Waals surface area contributed by atoms with Crippen molar-refractivity contribution in [2.45, 2.75) is 38.2 Å². The summed E-state index contributed by atoms with van der Waals surface area (Å²) in [6.45, 7) is 1.11. The number of hydrogen-bond acceptors (Lipinski definition) is 4. The van der Waals surface area contributed by atoms with Crippen LogP contribution in [0.3, 0.4) is 0 Å². The molecule has 1 aromatic rings. The van der Waals surface area contributed by atoms with Gasteiger partial charge in [0.1, 0.15) is 0 Å². The third-order valence-corrected chi connectivity index (χ3v) is 4.30. The van der Waals surface area contributed by atoms with Gasteiger partial charge in [0.2, 0.25) is 5.91 Å². The van der Waals surface area contributed by atoms with Crippen molar-refractivity contribution < 1.29 is 19.1 Å².